The summed E-state index contributed by atoms with van der Waals surface area (Å²) in [7, 11) is 2.17. The Hall–Kier alpha value is -1.43. The van der Waals surface area contributed by atoms with E-state index in [1.165, 1.54) is 18.4 Å². The van der Waals surface area contributed by atoms with Crippen molar-refractivity contribution >= 4 is 5.91 Å². The monoisotopic (exact) mass is 344 g/mol. The van der Waals surface area contributed by atoms with Gasteiger partial charge in [0.1, 0.15) is 0 Å². The van der Waals surface area contributed by atoms with Crippen molar-refractivity contribution in [3.63, 3.8) is 0 Å². The van der Waals surface area contributed by atoms with Gasteiger partial charge in [-0.05, 0) is 63.0 Å². The topological polar surface area (TPSA) is 47.6 Å². The maximum Gasteiger partial charge on any atom is 0.251 e. The number of benzene rings is 1. The number of rotatable bonds is 6. The summed E-state index contributed by atoms with van der Waals surface area (Å²) in [5.41, 5.74) is 2.02. The van der Waals surface area contributed by atoms with E-state index in [-0.39, 0.29) is 5.91 Å². The summed E-state index contributed by atoms with van der Waals surface area (Å²) in [4.78, 5) is 17.3. The van der Waals surface area contributed by atoms with Crippen LogP contribution < -0.4 is 10.6 Å². The van der Waals surface area contributed by atoms with Crippen LogP contribution in [-0.2, 0) is 6.54 Å². The second-order valence-corrected chi connectivity index (χ2v) is 7.54. The molecule has 2 aliphatic rings. The Balaban J connectivity index is 1.45. The highest BCUT2D eigenvalue weighted by Crippen LogP contribution is 2.14. The van der Waals surface area contributed by atoms with Crippen molar-refractivity contribution in [1.82, 2.24) is 20.4 Å². The second kappa shape index (κ2) is 9.32. The molecule has 1 aromatic rings. The number of hydrogen-bond donors (Lipinski definition) is 2. The molecule has 2 N–H and O–H groups in total. The lowest BCUT2D eigenvalue weighted by atomic mass is 9.96. The van der Waals surface area contributed by atoms with Gasteiger partial charge in [0.15, 0.2) is 0 Å². The van der Waals surface area contributed by atoms with Gasteiger partial charge in [0.25, 0.3) is 5.91 Å². The van der Waals surface area contributed by atoms with Crippen LogP contribution in [0.1, 0.15) is 35.2 Å². The van der Waals surface area contributed by atoms with E-state index in [0.29, 0.717) is 5.92 Å². The molecule has 0 aromatic heterocycles. The minimum absolute atomic E-state index is 0.0593. The first-order chi connectivity index (χ1) is 12.2. The number of piperazine rings is 1. The number of hydrogen-bond acceptors (Lipinski definition) is 4. The lowest BCUT2D eigenvalue weighted by Crippen LogP contribution is -2.43. The standard InChI is InChI=1S/C20H32N4O/c1-23-10-12-24(13-11-23)16-18-4-2-6-19(14-18)20(25)22-9-7-17-5-3-8-21-15-17/h2,4,6,14,17,21H,3,5,7-13,15-16H2,1H3,(H,22,25). The van der Waals surface area contributed by atoms with Crippen molar-refractivity contribution in [3.05, 3.63) is 35.4 Å². The fraction of sp³-hybridized carbons (Fsp3) is 0.650. The minimum Gasteiger partial charge on any atom is -0.352 e. The molecule has 138 valence electrons. The van der Waals surface area contributed by atoms with Gasteiger partial charge in [0, 0.05) is 44.8 Å². The van der Waals surface area contributed by atoms with Gasteiger partial charge in [-0.1, -0.05) is 12.1 Å². The third-order valence-electron chi connectivity index (χ3n) is 5.43. The highest BCUT2D eigenvalue weighted by Gasteiger charge is 2.15. The maximum atomic E-state index is 12.4. The molecule has 2 heterocycles. The molecule has 1 amide bonds. The van der Waals surface area contributed by atoms with E-state index in [0.717, 1.165) is 64.3 Å². The number of carbonyl (C=O) groups excluding carboxylic acids is 1. The SMILES string of the molecule is CN1CCN(Cc2cccc(C(=O)NCCC3CCCNC3)c2)CC1. The molecule has 1 aromatic carbocycles. The molecule has 0 spiro atoms. The predicted molar refractivity (Wildman–Crippen MR) is 102 cm³/mol. The van der Waals surface area contributed by atoms with Crippen LogP contribution in [0.25, 0.3) is 0 Å². The first-order valence-corrected chi connectivity index (χ1v) is 9.69. The quantitative estimate of drug-likeness (QED) is 0.822. The summed E-state index contributed by atoms with van der Waals surface area (Å²) in [6, 6.07) is 8.11. The van der Waals surface area contributed by atoms with Gasteiger partial charge in [-0.25, -0.2) is 0 Å². The smallest absolute Gasteiger partial charge is 0.251 e. The van der Waals surface area contributed by atoms with Crippen LogP contribution in [0.2, 0.25) is 0 Å². The molecular weight excluding hydrogens is 312 g/mol. The lowest BCUT2D eigenvalue weighted by molar-refractivity contribution is 0.0950. The fourth-order valence-corrected chi connectivity index (χ4v) is 3.74. The van der Waals surface area contributed by atoms with Gasteiger partial charge in [-0.2, -0.15) is 0 Å². The molecule has 2 aliphatic heterocycles. The highest BCUT2D eigenvalue weighted by molar-refractivity contribution is 5.94. The van der Waals surface area contributed by atoms with E-state index in [2.05, 4.69) is 39.6 Å². The molecule has 1 atom stereocenters. The summed E-state index contributed by atoms with van der Waals surface area (Å²) in [5, 5.41) is 6.53. The number of carbonyl (C=O) groups is 1. The third-order valence-corrected chi connectivity index (χ3v) is 5.43. The Bertz CT molecular complexity index is 548. The van der Waals surface area contributed by atoms with Gasteiger partial charge in [0.2, 0.25) is 0 Å². The molecule has 0 saturated carbocycles. The fourth-order valence-electron chi connectivity index (χ4n) is 3.74. The van der Waals surface area contributed by atoms with Crippen LogP contribution in [0, 0.1) is 5.92 Å². The van der Waals surface area contributed by atoms with Gasteiger partial charge in [-0.3, -0.25) is 9.69 Å². The number of likely N-dealkylation sites (N-methyl/N-ethyl adjacent to an activating group) is 1. The Morgan fingerprint density at radius 1 is 1.28 bits per heavy atom. The van der Waals surface area contributed by atoms with Crippen molar-refractivity contribution in [3.8, 4) is 0 Å². The molecule has 0 bridgehead atoms. The van der Waals surface area contributed by atoms with Crippen molar-refractivity contribution in [2.24, 2.45) is 5.92 Å². The van der Waals surface area contributed by atoms with Crippen LogP contribution in [0.4, 0.5) is 0 Å². The summed E-state index contributed by atoms with van der Waals surface area (Å²) in [6.45, 7) is 8.38. The largest absolute Gasteiger partial charge is 0.352 e. The molecule has 1 unspecified atom stereocenters. The number of amides is 1. The highest BCUT2D eigenvalue weighted by atomic mass is 16.1. The van der Waals surface area contributed by atoms with Gasteiger partial charge in [0.05, 0.1) is 0 Å². The first-order valence-electron chi connectivity index (χ1n) is 9.69. The van der Waals surface area contributed by atoms with Crippen LogP contribution >= 0.6 is 0 Å². The molecule has 2 saturated heterocycles. The average molecular weight is 345 g/mol. The summed E-state index contributed by atoms with van der Waals surface area (Å²) >= 11 is 0. The van der Waals surface area contributed by atoms with Crippen LogP contribution in [-0.4, -0.2) is 68.6 Å². The first kappa shape index (κ1) is 18.4. The van der Waals surface area contributed by atoms with Crippen molar-refractivity contribution < 1.29 is 4.79 Å². The van der Waals surface area contributed by atoms with E-state index in [9.17, 15) is 4.79 Å². The summed E-state index contributed by atoms with van der Waals surface area (Å²) < 4.78 is 0. The summed E-state index contributed by atoms with van der Waals surface area (Å²) in [6.07, 6.45) is 3.61. The van der Waals surface area contributed by atoms with Crippen molar-refractivity contribution in [2.45, 2.75) is 25.8 Å². The van der Waals surface area contributed by atoms with Crippen molar-refractivity contribution in [1.29, 1.82) is 0 Å². The third kappa shape index (κ3) is 5.80. The minimum atomic E-state index is 0.0593. The van der Waals surface area contributed by atoms with E-state index >= 15 is 0 Å². The molecule has 5 heteroatoms. The van der Waals surface area contributed by atoms with Crippen LogP contribution in [0.15, 0.2) is 24.3 Å². The maximum absolute atomic E-state index is 12.4. The molecular formula is C20H32N4O. The number of nitrogens with one attached hydrogen (secondary N) is 2. The normalized spacial score (nSPS) is 22.7. The Labute approximate surface area is 151 Å². The van der Waals surface area contributed by atoms with E-state index < -0.39 is 0 Å². The van der Waals surface area contributed by atoms with Gasteiger partial charge < -0.3 is 15.5 Å². The second-order valence-electron chi connectivity index (χ2n) is 7.54. The predicted octanol–water partition coefficient (Wildman–Crippen LogP) is 1.55. The molecule has 25 heavy (non-hydrogen) atoms. The van der Waals surface area contributed by atoms with Gasteiger partial charge >= 0.3 is 0 Å². The van der Waals surface area contributed by atoms with Crippen LogP contribution in [0.5, 0.6) is 0 Å². The summed E-state index contributed by atoms with van der Waals surface area (Å²) in [5.74, 6) is 0.765. The van der Waals surface area contributed by atoms with E-state index in [1.54, 1.807) is 0 Å². The zero-order chi connectivity index (χ0) is 17.5. The molecule has 0 aliphatic carbocycles. The average Bonchev–Trinajstić information content (AvgIpc) is 2.65. The van der Waals surface area contributed by atoms with E-state index in [4.69, 9.17) is 0 Å². The van der Waals surface area contributed by atoms with Crippen molar-refractivity contribution in [2.75, 3.05) is 52.9 Å². The number of piperidine rings is 1. The molecule has 2 fully saturated rings. The van der Waals surface area contributed by atoms with Gasteiger partial charge in [-0.15, -0.1) is 0 Å². The zero-order valence-electron chi connectivity index (χ0n) is 15.5. The Morgan fingerprint density at radius 2 is 2.12 bits per heavy atom. The van der Waals surface area contributed by atoms with E-state index in [1.807, 2.05) is 12.1 Å². The van der Waals surface area contributed by atoms with Crippen LogP contribution in [0.3, 0.4) is 0 Å². The number of nitrogens with zero attached hydrogens (tertiary/aromatic N) is 2. The lowest BCUT2D eigenvalue weighted by Gasteiger charge is -2.32. The Kier molecular flexibility index (Phi) is 6.84. The molecule has 0 radical (unpaired) electrons. The zero-order valence-corrected chi connectivity index (χ0v) is 15.5. The Morgan fingerprint density at radius 3 is 2.88 bits per heavy atom. The molecule has 3 rings (SSSR count). The molecule has 5 nitrogen and oxygen atoms in total.